The number of anilines is 1. The van der Waals surface area contributed by atoms with Crippen LogP contribution in [-0.4, -0.2) is 13.1 Å². The Balaban J connectivity index is 1.45. The molecule has 0 fully saturated rings. The molecule has 4 nitrogen and oxygen atoms in total. The molecular formula is C27H27NO3. The number of nitrogens with one attached hydrogen (secondary N) is 1. The summed E-state index contributed by atoms with van der Waals surface area (Å²) in [4.78, 5) is 12.1. The number of hydrogen-bond acceptors (Lipinski definition) is 4. The van der Waals surface area contributed by atoms with E-state index in [0.717, 1.165) is 29.8 Å². The number of carbonyl (C=O) groups is 1. The number of carbonyl (C=O) groups excluding carboxylic acids is 1. The first-order valence-electron chi connectivity index (χ1n) is 10.6. The van der Waals surface area contributed by atoms with Crippen molar-refractivity contribution >= 4 is 11.7 Å². The van der Waals surface area contributed by atoms with E-state index >= 15 is 0 Å². The standard InChI is InChI=1S/C27H27NO3/c1-30-23-15-16-25-24(18-23)22(17-26(28-25)21-11-6-3-7-12-21)13-8-14-27(29)31-19-20-9-4-2-5-10-20/h2-12,14-16,18,22,26,28H,13,17,19H2,1H3/b14-8+/t22-,26-/m0/s1. The summed E-state index contributed by atoms with van der Waals surface area (Å²) in [6, 6.07) is 26.6. The van der Waals surface area contributed by atoms with Crippen molar-refractivity contribution in [2.24, 2.45) is 0 Å². The van der Waals surface area contributed by atoms with E-state index in [-0.39, 0.29) is 24.5 Å². The summed E-state index contributed by atoms with van der Waals surface area (Å²) >= 11 is 0. The zero-order valence-corrected chi connectivity index (χ0v) is 17.7. The predicted molar refractivity (Wildman–Crippen MR) is 123 cm³/mol. The van der Waals surface area contributed by atoms with Gasteiger partial charge in [-0.25, -0.2) is 4.79 Å². The highest BCUT2D eigenvalue weighted by Crippen LogP contribution is 2.43. The second kappa shape index (κ2) is 9.98. The number of methoxy groups -OCH3 is 1. The molecule has 0 amide bonds. The number of benzene rings is 3. The minimum absolute atomic E-state index is 0.227. The van der Waals surface area contributed by atoms with Crippen LogP contribution in [0, 0.1) is 0 Å². The highest BCUT2D eigenvalue weighted by atomic mass is 16.5. The van der Waals surface area contributed by atoms with E-state index in [2.05, 4.69) is 41.7 Å². The van der Waals surface area contributed by atoms with Crippen LogP contribution in [0.5, 0.6) is 5.75 Å². The SMILES string of the molecule is COc1ccc2c(c1)[C@@H](C/C=C/C(=O)OCc1ccccc1)C[C@@H](c1ccccc1)N2. The molecule has 0 saturated carbocycles. The largest absolute Gasteiger partial charge is 0.497 e. The van der Waals surface area contributed by atoms with Crippen LogP contribution in [0.15, 0.2) is 91.0 Å². The number of fused-ring (bicyclic) bond motifs is 1. The molecule has 4 heteroatoms. The molecular weight excluding hydrogens is 386 g/mol. The molecule has 158 valence electrons. The van der Waals surface area contributed by atoms with Gasteiger partial charge in [0.2, 0.25) is 0 Å². The number of rotatable bonds is 7. The van der Waals surface area contributed by atoms with E-state index in [9.17, 15) is 4.79 Å². The van der Waals surface area contributed by atoms with Gasteiger partial charge in [0.15, 0.2) is 0 Å². The molecule has 0 aliphatic carbocycles. The molecule has 2 atom stereocenters. The molecule has 0 aromatic heterocycles. The maximum Gasteiger partial charge on any atom is 0.330 e. The van der Waals surface area contributed by atoms with Crippen LogP contribution in [-0.2, 0) is 16.1 Å². The summed E-state index contributed by atoms with van der Waals surface area (Å²) in [6.07, 6.45) is 5.16. The average molecular weight is 414 g/mol. The fourth-order valence-electron chi connectivity index (χ4n) is 4.03. The topological polar surface area (TPSA) is 47.6 Å². The third-order valence-electron chi connectivity index (χ3n) is 5.65. The summed E-state index contributed by atoms with van der Waals surface area (Å²) in [5, 5.41) is 3.66. The lowest BCUT2D eigenvalue weighted by atomic mass is 9.82. The molecule has 3 aromatic rings. The lowest BCUT2D eigenvalue weighted by molar-refractivity contribution is -0.139. The molecule has 0 bridgehead atoms. The van der Waals surface area contributed by atoms with Crippen molar-refractivity contribution in [3.05, 3.63) is 108 Å². The van der Waals surface area contributed by atoms with Crippen molar-refractivity contribution in [1.82, 2.24) is 0 Å². The van der Waals surface area contributed by atoms with E-state index in [1.54, 1.807) is 13.2 Å². The maximum atomic E-state index is 12.1. The fraction of sp³-hybridized carbons (Fsp3) is 0.222. The van der Waals surface area contributed by atoms with Crippen molar-refractivity contribution in [2.75, 3.05) is 12.4 Å². The van der Waals surface area contributed by atoms with Crippen molar-refractivity contribution < 1.29 is 14.3 Å². The summed E-state index contributed by atoms with van der Waals surface area (Å²) in [7, 11) is 1.68. The molecule has 1 aliphatic rings. The van der Waals surface area contributed by atoms with Gasteiger partial charge < -0.3 is 14.8 Å². The minimum atomic E-state index is -0.316. The van der Waals surface area contributed by atoms with E-state index in [1.165, 1.54) is 11.1 Å². The molecule has 1 N–H and O–H groups in total. The van der Waals surface area contributed by atoms with Gasteiger partial charge in [-0.05, 0) is 53.6 Å². The summed E-state index contributed by atoms with van der Waals surface area (Å²) in [5.41, 5.74) is 4.58. The molecule has 4 rings (SSSR count). The second-order valence-corrected chi connectivity index (χ2v) is 7.72. The molecule has 3 aromatic carbocycles. The third kappa shape index (κ3) is 5.34. The number of ether oxygens (including phenoxy) is 2. The van der Waals surface area contributed by atoms with Gasteiger partial charge in [0.1, 0.15) is 12.4 Å². The van der Waals surface area contributed by atoms with Crippen LogP contribution >= 0.6 is 0 Å². The molecule has 1 heterocycles. The molecule has 31 heavy (non-hydrogen) atoms. The van der Waals surface area contributed by atoms with Crippen LogP contribution in [0.1, 0.15) is 41.5 Å². The Hall–Kier alpha value is -3.53. The zero-order chi connectivity index (χ0) is 21.5. The van der Waals surface area contributed by atoms with Gasteiger partial charge >= 0.3 is 5.97 Å². The summed E-state index contributed by atoms with van der Waals surface area (Å²) < 4.78 is 10.8. The highest BCUT2D eigenvalue weighted by Gasteiger charge is 2.27. The normalized spacial score (nSPS) is 17.6. The van der Waals surface area contributed by atoms with E-state index in [1.807, 2.05) is 48.5 Å². The Morgan fingerprint density at radius 3 is 2.52 bits per heavy atom. The minimum Gasteiger partial charge on any atom is -0.497 e. The van der Waals surface area contributed by atoms with E-state index in [0.29, 0.717) is 0 Å². The van der Waals surface area contributed by atoms with Gasteiger partial charge in [-0.3, -0.25) is 0 Å². The van der Waals surface area contributed by atoms with Crippen molar-refractivity contribution in [2.45, 2.75) is 31.4 Å². The first-order chi connectivity index (χ1) is 15.2. The lowest BCUT2D eigenvalue weighted by Gasteiger charge is -2.33. The smallest absolute Gasteiger partial charge is 0.330 e. The molecule has 0 unspecified atom stereocenters. The quantitative estimate of drug-likeness (QED) is 0.380. The Morgan fingerprint density at radius 1 is 1.03 bits per heavy atom. The number of allylic oxidation sites excluding steroid dienone is 1. The Labute approximate surface area is 183 Å². The lowest BCUT2D eigenvalue weighted by Crippen LogP contribution is -2.21. The van der Waals surface area contributed by atoms with Gasteiger partial charge in [0.25, 0.3) is 0 Å². The monoisotopic (exact) mass is 413 g/mol. The predicted octanol–water partition coefficient (Wildman–Crippen LogP) is 6.03. The van der Waals surface area contributed by atoms with Gasteiger partial charge in [-0.2, -0.15) is 0 Å². The van der Waals surface area contributed by atoms with Crippen LogP contribution < -0.4 is 10.1 Å². The van der Waals surface area contributed by atoms with E-state index in [4.69, 9.17) is 9.47 Å². The van der Waals surface area contributed by atoms with E-state index < -0.39 is 0 Å². The van der Waals surface area contributed by atoms with Gasteiger partial charge in [-0.15, -0.1) is 0 Å². The maximum absolute atomic E-state index is 12.1. The number of hydrogen-bond donors (Lipinski definition) is 1. The Morgan fingerprint density at radius 2 is 1.77 bits per heavy atom. The van der Waals surface area contributed by atoms with Crippen molar-refractivity contribution in [3.63, 3.8) is 0 Å². The Bertz CT molecular complexity index is 1030. The average Bonchev–Trinajstić information content (AvgIpc) is 2.83. The molecule has 0 spiro atoms. The second-order valence-electron chi connectivity index (χ2n) is 7.72. The fourth-order valence-corrected chi connectivity index (χ4v) is 4.03. The van der Waals surface area contributed by atoms with Crippen LogP contribution in [0.3, 0.4) is 0 Å². The first kappa shape index (κ1) is 20.7. The van der Waals surface area contributed by atoms with Crippen molar-refractivity contribution in [3.8, 4) is 5.75 Å². The van der Waals surface area contributed by atoms with Crippen LogP contribution in [0.2, 0.25) is 0 Å². The third-order valence-corrected chi connectivity index (χ3v) is 5.65. The van der Waals surface area contributed by atoms with Crippen molar-refractivity contribution in [1.29, 1.82) is 0 Å². The van der Waals surface area contributed by atoms with Crippen LogP contribution in [0.4, 0.5) is 5.69 Å². The number of esters is 1. The van der Waals surface area contributed by atoms with Gasteiger partial charge in [0.05, 0.1) is 13.2 Å². The van der Waals surface area contributed by atoms with Gasteiger partial charge in [0, 0.05) is 11.8 Å². The zero-order valence-electron chi connectivity index (χ0n) is 17.7. The summed E-state index contributed by atoms with van der Waals surface area (Å²) in [6.45, 7) is 0.285. The first-order valence-corrected chi connectivity index (χ1v) is 10.6. The molecule has 0 saturated heterocycles. The highest BCUT2D eigenvalue weighted by molar-refractivity contribution is 5.81. The Kier molecular flexibility index (Phi) is 6.68. The summed E-state index contributed by atoms with van der Waals surface area (Å²) in [5.74, 6) is 0.799. The van der Waals surface area contributed by atoms with Crippen LogP contribution in [0.25, 0.3) is 0 Å². The molecule has 0 radical (unpaired) electrons. The van der Waals surface area contributed by atoms with Gasteiger partial charge in [-0.1, -0.05) is 66.7 Å². The molecule has 1 aliphatic heterocycles.